The molecule has 2 aromatic heterocycles. The maximum Gasteiger partial charge on any atom is 0.161 e. The van der Waals surface area contributed by atoms with Crippen molar-refractivity contribution in [3.63, 3.8) is 0 Å². The molecule has 0 atom stereocenters. The molecule has 0 saturated carbocycles. The minimum absolute atomic E-state index is 0.764. The van der Waals surface area contributed by atoms with E-state index in [4.69, 9.17) is 12.2 Å². The summed E-state index contributed by atoms with van der Waals surface area (Å²) >= 11 is 7.04. The molecule has 94 valence electrons. The second kappa shape index (κ2) is 5.47. The number of nitrogens with zero attached hydrogens (tertiary/aromatic N) is 2. The monoisotopic (exact) mass is 284 g/mol. The van der Waals surface area contributed by atoms with Crippen LogP contribution in [-0.4, -0.2) is 9.55 Å². The second-order valence-electron chi connectivity index (χ2n) is 4.20. The van der Waals surface area contributed by atoms with Gasteiger partial charge in [-0.3, -0.25) is 4.98 Å². The van der Waals surface area contributed by atoms with E-state index in [0.717, 1.165) is 16.1 Å². The number of thiazole rings is 1. The summed E-state index contributed by atoms with van der Waals surface area (Å²) in [6.45, 7) is 0.764. The maximum atomic E-state index is 5.43. The molecule has 0 aliphatic heterocycles. The average Bonchev–Trinajstić information content (AvgIpc) is 2.82. The third-order valence-electron chi connectivity index (χ3n) is 2.92. The maximum absolute atomic E-state index is 5.43. The highest BCUT2D eigenvalue weighted by Gasteiger charge is 2.07. The predicted octanol–water partition coefficient (Wildman–Crippen LogP) is 4.39. The van der Waals surface area contributed by atoms with Crippen LogP contribution in [-0.2, 0) is 6.54 Å². The van der Waals surface area contributed by atoms with Gasteiger partial charge in [-0.1, -0.05) is 36.4 Å². The smallest absolute Gasteiger partial charge is 0.161 e. The predicted molar refractivity (Wildman–Crippen MR) is 81.9 cm³/mol. The van der Waals surface area contributed by atoms with Crippen LogP contribution in [0.5, 0.6) is 0 Å². The number of benzene rings is 1. The van der Waals surface area contributed by atoms with Crippen LogP contribution in [0.2, 0.25) is 0 Å². The quantitative estimate of drug-likeness (QED) is 0.664. The first-order valence-electron chi connectivity index (χ1n) is 5.97. The lowest BCUT2D eigenvalue weighted by molar-refractivity contribution is 0.804. The van der Waals surface area contributed by atoms with Crippen molar-refractivity contribution in [3.05, 3.63) is 69.8 Å². The van der Waals surface area contributed by atoms with E-state index >= 15 is 0 Å². The Morgan fingerprint density at radius 2 is 1.95 bits per heavy atom. The Balaban J connectivity index is 2.03. The lowest BCUT2D eigenvalue weighted by Crippen LogP contribution is -2.01. The molecule has 0 aliphatic carbocycles. The highest BCUT2D eigenvalue weighted by Crippen LogP contribution is 2.24. The van der Waals surface area contributed by atoms with Crippen molar-refractivity contribution in [2.45, 2.75) is 6.54 Å². The molecule has 0 spiro atoms. The Morgan fingerprint density at radius 1 is 1.11 bits per heavy atom. The van der Waals surface area contributed by atoms with Gasteiger partial charge in [0.15, 0.2) is 3.95 Å². The Morgan fingerprint density at radius 3 is 2.68 bits per heavy atom. The summed E-state index contributed by atoms with van der Waals surface area (Å²) in [5.74, 6) is 0. The molecular formula is C15H12N2S2. The SMILES string of the molecule is S=c1scc(-c2ccccc2)n1Cc1cccnc1. The average molecular weight is 284 g/mol. The number of aromatic nitrogens is 2. The summed E-state index contributed by atoms with van der Waals surface area (Å²) in [6, 6.07) is 14.4. The zero-order valence-electron chi connectivity index (χ0n) is 10.2. The molecule has 0 radical (unpaired) electrons. The fourth-order valence-corrected chi connectivity index (χ4v) is 3.06. The van der Waals surface area contributed by atoms with E-state index in [-0.39, 0.29) is 0 Å². The van der Waals surface area contributed by atoms with E-state index in [1.54, 1.807) is 17.5 Å². The van der Waals surface area contributed by atoms with Crippen LogP contribution in [0, 0.1) is 3.95 Å². The van der Waals surface area contributed by atoms with Crippen LogP contribution in [0.25, 0.3) is 11.3 Å². The molecule has 0 unspecified atom stereocenters. The van der Waals surface area contributed by atoms with Crippen molar-refractivity contribution in [2.24, 2.45) is 0 Å². The van der Waals surface area contributed by atoms with Crippen LogP contribution in [0.1, 0.15) is 5.56 Å². The molecule has 2 nitrogen and oxygen atoms in total. The Labute approximate surface area is 121 Å². The van der Waals surface area contributed by atoms with Crippen molar-refractivity contribution in [1.29, 1.82) is 0 Å². The molecular weight excluding hydrogens is 272 g/mol. The van der Waals surface area contributed by atoms with Gasteiger partial charge in [0.25, 0.3) is 0 Å². The first-order valence-corrected chi connectivity index (χ1v) is 7.26. The van der Waals surface area contributed by atoms with Crippen LogP contribution >= 0.6 is 23.6 Å². The summed E-state index contributed by atoms with van der Waals surface area (Å²) in [6.07, 6.45) is 3.67. The molecule has 0 fully saturated rings. The summed E-state index contributed by atoms with van der Waals surface area (Å²) in [5.41, 5.74) is 3.52. The number of hydrogen-bond acceptors (Lipinski definition) is 3. The van der Waals surface area contributed by atoms with Gasteiger partial charge in [0.05, 0.1) is 12.2 Å². The van der Waals surface area contributed by atoms with Crippen molar-refractivity contribution in [3.8, 4) is 11.3 Å². The number of rotatable bonds is 3. The van der Waals surface area contributed by atoms with Gasteiger partial charge in [0, 0.05) is 17.8 Å². The summed E-state index contributed by atoms with van der Waals surface area (Å²) in [7, 11) is 0. The number of pyridine rings is 1. The third kappa shape index (κ3) is 2.64. The summed E-state index contributed by atoms with van der Waals surface area (Å²) in [4.78, 5) is 4.15. The molecule has 0 aliphatic rings. The first kappa shape index (κ1) is 12.3. The molecule has 0 saturated heterocycles. The molecule has 4 heteroatoms. The lowest BCUT2D eigenvalue weighted by atomic mass is 10.1. The van der Waals surface area contributed by atoms with E-state index < -0.39 is 0 Å². The Kier molecular flexibility index (Phi) is 3.53. The minimum atomic E-state index is 0.764. The van der Waals surface area contributed by atoms with Gasteiger partial charge in [0.2, 0.25) is 0 Å². The van der Waals surface area contributed by atoms with Crippen molar-refractivity contribution < 1.29 is 0 Å². The molecule has 3 aromatic rings. The van der Waals surface area contributed by atoms with Gasteiger partial charge in [-0.05, 0) is 29.4 Å². The van der Waals surface area contributed by atoms with Crippen LogP contribution in [0.4, 0.5) is 0 Å². The normalized spacial score (nSPS) is 10.5. The Bertz CT molecular complexity index is 715. The topological polar surface area (TPSA) is 17.8 Å². The van der Waals surface area contributed by atoms with Gasteiger partial charge < -0.3 is 4.57 Å². The van der Waals surface area contributed by atoms with Crippen LogP contribution < -0.4 is 0 Å². The third-order valence-corrected chi connectivity index (χ3v) is 4.19. The largest absolute Gasteiger partial charge is 0.318 e. The first-order chi connectivity index (χ1) is 9.34. The van der Waals surface area contributed by atoms with Crippen molar-refractivity contribution in [2.75, 3.05) is 0 Å². The fraction of sp³-hybridized carbons (Fsp3) is 0.0667. The van der Waals surface area contributed by atoms with Crippen LogP contribution in [0.15, 0.2) is 60.2 Å². The van der Waals surface area contributed by atoms with Gasteiger partial charge in [0.1, 0.15) is 0 Å². The minimum Gasteiger partial charge on any atom is -0.318 e. The van der Waals surface area contributed by atoms with Gasteiger partial charge in [-0.15, -0.1) is 11.3 Å². The molecule has 2 heterocycles. The highest BCUT2D eigenvalue weighted by atomic mass is 32.1. The highest BCUT2D eigenvalue weighted by molar-refractivity contribution is 7.73. The van der Waals surface area contributed by atoms with E-state index in [1.807, 2.05) is 30.5 Å². The zero-order chi connectivity index (χ0) is 13.1. The molecule has 0 N–H and O–H groups in total. The lowest BCUT2D eigenvalue weighted by Gasteiger charge is -2.08. The molecule has 1 aromatic carbocycles. The standard InChI is InChI=1S/C15H12N2S2/c18-15-17(10-12-5-4-8-16-9-12)14(11-19-15)13-6-2-1-3-7-13/h1-9,11H,10H2. The molecule has 19 heavy (non-hydrogen) atoms. The van der Waals surface area contributed by atoms with Crippen LogP contribution in [0.3, 0.4) is 0 Å². The molecule has 0 bridgehead atoms. The van der Waals surface area contributed by atoms with Gasteiger partial charge in [-0.2, -0.15) is 0 Å². The summed E-state index contributed by atoms with van der Waals surface area (Å²) < 4.78 is 3.05. The van der Waals surface area contributed by atoms with Gasteiger partial charge in [-0.25, -0.2) is 0 Å². The number of hydrogen-bond donors (Lipinski definition) is 0. The van der Waals surface area contributed by atoms with Gasteiger partial charge >= 0.3 is 0 Å². The van der Waals surface area contributed by atoms with Crippen molar-refractivity contribution >= 4 is 23.6 Å². The molecule has 3 rings (SSSR count). The van der Waals surface area contributed by atoms with E-state index in [0.29, 0.717) is 0 Å². The molecule has 0 amide bonds. The van der Waals surface area contributed by atoms with E-state index in [9.17, 15) is 0 Å². The summed E-state index contributed by atoms with van der Waals surface area (Å²) in [5, 5.41) is 2.12. The second-order valence-corrected chi connectivity index (χ2v) is 5.70. The van der Waals surface area contributed by atoms with Crippen molar-refractivity contribution in [1.82, 2.24) is 9.55 Å². The van der Waals surface area contributed by atoms with E-state index in [1.165, 1.54) is 11.3 Å². The van der Waals surface area contributed by atoms with E-state index in [2.05, 4.69) is 33.1 Å². The zero-order valence-corrected chi connectivity index (χ0v) is 11.8. The Hall–Kier alpha value is -1.78. The fourth-order valence-electron chi connectivity index (χ4n) is 1.99.